The van der Waals surface area contributed by atoms with Crippen LogP contribution in [0.5, 0.6) is 0 Å². The van der Waals surface area contributed by atoms with E-state index >= 15 is 0 Å². The molecule has 1 unspecified atom stereocenters. The molecule has 0 fully saturated rings. The van der Waals surface area contributed by atoms with E-state index in [1.54, 1.807) is 38.1 Å². The minimum absolute atomic E-state index is 0.0219. The summed E-state index contributed by atoms with van der Waals surface area (Å²) in [6.07, 6.45) is -0.108. The van der Waals surface area contributed by atoms with Crippen LogP contribution in [0, 0.1) is 17.3 Å². The highest BCUT2D eigenvalue weighted by molar-refractivity contribution is 5.96. The minimum atomic E-state index is -0.649. The maximum atomic E-state index is 12.0. The summed E-state index contributed by atoms with van der Waals surface area (Å²) in [6.45, 7) is 3.56. The van der Waals surface area contributed by atoms with E-state index in [1.807, 2.05) is 0 Å². The van der Waals surface area contributed by atoms with Crippen LogP contribution in [-0.4, -0.2) is 36.3 Å². The van der Waals surface area contributed by atoms with Crippen LogP contribution in [0.3, 0.4) is 0 Å². The largest absolute Gasteiger partial charge is 0.466 e. The van der Waals surface area contributed by atoms with Crippen LogP contribution in [0.4, 0.5) is 5.69 Å². The molecule has 0 aliphatic rings. The van der Waals surface area contributed by atoms with Crippen molar-refractivity contribution in [2.45, 2.75) is 39.2 Å². The standard InChI is InChI=1S/C19H24N4O4/c1-3-5-15(12-18(26)27-4-2)23-17(25)11-10-16(24)22-14-8-6-13(7-9-14)19(20)21/h6-9,15H,4,10-12H2,1-2H3,(H3,20,21)(H,22,24)(H,23,25). The molecule has 0 saturated heterocycles. The number of anilines is 1. The highest BCUT2D eigenvalue weighted by Gasteiger charge is 2.16. The number of esters is 1. The maximum absolute atomic E-state index is 12.0. The summed E-state index contributed by atoms with van der Waals surface area (Å²) >= 11 is 0. The number of nitrogens with two attached hydrogens (primary N) is 1. The van der Waals surface area contributed by atoms with Gasteiger partial charge in [-0.25, -0.2) is 0 Å². The molecule has 27 heavy (non-hydrogen) atoms. The Kier molecular flexibility index (Phi) is 9.09. The fraction of sp³-hybridized carbons (Fsp3) is 0.368. The quantitative estimate of drug-likeness (QED) is 0.223. The first-order chi connectivity index (χ1) is 12.8. The number of hydrogen-bond acceptors (Lipinski definition) is 5. The zero-order valence-corrected chi connectivity index (χ0v) is 15.4. The molecule has 8 heteroatoms. The maximum Gasteiger partial charge on any atom is 0.308 e. The molecule has 0 heterocycles. The van der Waals surface area contributed by atoms with Gasteiger partial charge in [-0.2, -0.15) is 0 Å². The Morgan fingerprint density at radius 2 is 1.81 bits per heavy atom. The molecule has 2 amide bonds. The molecule has 1 aromatic rings. The molecule has 8 nitrogen and oxygen atoms in total. The molecule has 0 aliphatic heterocycles. The molecule has 0 bridgehead atoms. The fourth-order valence-corrected chi connectivity index (χ4v) is 2.15. The zero-order valence-electron chi connectivity index (χ0n) is 15.4. The van der Waals surface area contributed by atoms with Crippen LogP contribution >= 0.6 is 0 Å². The van der Waals surface area contributed by atoms with Gasteiger partial charge in [-0.1, -0.05) is 5.92 Å². The number of amidine groups is 1. The van der Waals surface area contributed by atoms with Crippen molar-refractivity contribution >= 4 is 29.3 Å². The summed E-state index contributed by atoms with van der Waals surface area (Å²) in [5.74, 6) is 4.17. The van der Waals surface area contributed by atoms with Crippen molar-refractivity contribution in [3.8, 4) is 11.8 Å². The van der Waals surface area contributed by atoms with Gasteiger partial charge in [0.1, 0.15) is 11.9 Å². The Balaban J connectivity index is 2.46. The van der Waals surface area contributed by atoms with Crippen molar-refractivity contribution in [2.24, 2.45) is 5.73 Å². The van der Waals surface area contributed by atoms with Gasteiger partial charge in [0, 0.05) is 24.1 Å². The van der Waals surface area contributed by atoms with Crippen LogP contribution in [0.15, 0.2) is 24.3 Å². The van der Waals surface area contributed by atoms with Crippen molar-refractivity contribution in [3.05, 3.63) is 29.8 Å². The van der Waals surface area contributed by atoms with Gasteiger partial charge in [-0.15, -0.1) is 5.92 Å². The first-order valence-electron chi connectivity index (χ1n) is 8.47. The number of nitrogens with one attached hydrogen (secondary N) is 3. The Labute approximate surface area is 158 Å². The Bertz CT molecular complexity index is 747. The third-order valence-corrected chi connectivity index (χ3v) is 3.39. The number of carbonyl (C=O) groups is 3. The van der Waals surface area contributed by atoms with Crippen molar-refractivity contribution in [2.75, 3.05) is 11.9 Å². The van der Waals surface area contributed by atoms with Crippen molar-refractivity contribution in [1.29, 1.82) is 5.41 Å². The molecule has 0 aromatic heterocycles. The number of amides is 2. The van der Waals surface area contributed by atoms with E-state index in [9.17, 15) is 14.4 Å². The average molecular weight is 372 g/mol. The van der Waals surface area contributed by atoms with Crippen LogP contribution in [0.2, 0.25) is 0 Å². The number of carbonyl (C=O) groups excluding carboxylic acids is 3. The second kappa shape index (κ2) is 11.3. The molecule has 5 N–H and O–H groups in total. The minimum Gasteiger partial charge on any atom is -0.466 e. The summed E-state index contributed by atoms with van der Waals surface area (Å²) in [4.78, 5) is 35.5. The lowest BCUT2D eigenvalue weighted by Crippen LogP contribution is -2.36. The molecule has 0 spiro atoms. The van der Waals surface area contributed by atoms with Gasteiger partial charge in [0.25, 0.3) is 0 Å². The zero-order chi connectivity index (χ0) is 20.2. The highest BCUT2D eigenvalue weighted by Crippen LogP contribution is 2.10. The van der Waals surface area contributed by atoms with Gasteiger partial charge in [0.05, 0.1) is 13.0 Å². The SMILES string of the molecule is CC#CC(CC(=O)OCC)NC(=O)CCC(=O)Nc1ccc(C(=N)N)cc1. The summed E-state index contributed by atoms with van der Waals surface area (Å²) in [5.41, 5.74) is 6.46. The van der Waals surface area contributed by atoms with Crippen LogP contribution in [0.1, 0.15) is 38.7 Å². The highest BCUT2D eigenvalue weighted by atomic mass is 16.5. The summed E-state index contributed by atoms with van der Waals surface area (Å²) in [7, 11) is 0. The lowest BCUT2D eigenvalue weighted by atomic mass is 10.1. The molecule has 0 radical (unpaired) electrons. The van der Waals surface area contributed by atoms with E-state index in [2.05, 4.69) is 22.5 Å². The molecule has 0 saturated carbocycles. The second-order valence-corrected chi connectivity index (χ2v) is 5.56. The topological polar surface area (TPSA) is 134 Å². The first kappa shape index (κ1) is 21.7. The lowest BCUT2D eigenvalue weighted by Gasteiger charge is -2.12. The summed E-state index contributed by atoms with van der Waals surface area (Å²) in [6, 6.07) is 5.84. The predicted octanol–water partition coefficient (Wildman–Crippen LogP) is 1.15. The number of hydrogen-bond donors (Lipinski definition) is 4. The van der Waals surface area contributed by atoms with Crippen molar-refractivity contribution < 1.29 is 19.1 Å². The van der Waals surface area contributed by atoms with Crippen LogP contribution in [0.25, 0.3) is 0 Å². The number of nitrogen functional groups attached to an aromatic ring is 1. The smallest absolute Gasteiger partial charge is 0.308 e. The molecule has 0 aliphatic carbocycles. The molecular weight excluding hydrogens is 348 g/mol. The van der Waals surface area contributed by atoms with Gasteiger partial charge in [0.2, 0.25) is 11.8 Å². The molecule has 1 rings (SSSR count). The van der Waals surface area contributed by atoms with Crippen molar-refractivity contribution in [1.82, 2.24) is 5.32 Å². The monoisotopic (exact) mass is 372 g/mol. The van der Waals surface area contributed by atoms with E-state index in [0.29, 0.717) is 11.3 Å². The van der Waals surface area contributed by atoms with Gasteiger partial charge in [-0.05, 0) is 38.1 Å². The second-order valence-electron chi connectivity index (χ2n) is 5.56. The Morgan fingerprint density at radius 1 is 1.19 bits per heavy atom. The van der Waals surface area contributed by atoms with E-state index < -0.39 is 12.0 Å². The van der Waals surface area contributed by atoms with Crippen molar-refractivity contribution in [3.63, 3.8) is 0 Å². The predicted molar refractivity (Wildman–Crippen MR) is 102 cm³/mol. The van der Waals surface area contributed by atoms with Crippen LogP contribution < -0.4 is 16.4 Å². The number of benzene rings is 1. The van der Waals surface area contributed by atoms with Gasteiger partial charge in [0.15, 0.2) is 0 Å². The first-order valence-corrected chi connectivity index (χ1v) is 8.47. The van der Waals surface area contributed by atoms with Crippen LogP contribution in [-0.2, 0) is 19.1 Å². The molecule has 1 aromatic carbocycles. The van der Waals surface area contributed by atoms with E-state index in [0.717, 1.165) is 0 Å². The third kappa shape index (κ3) is 8.54. The number of ether oxygens (including phenoxy) is 1. The lowest BCUT2D eigenvalue weighted by molar-refractivity contribution is -0.143. The summed E-state index contributed by atoms with van der Waals surface area (Å²) in [5, 5.41) is 12.6. The molecule has 144 valence electrons. The molecular formula is C19H24N4O4. The average Bonchev–Trinajstić information content (AvgIpc) is 2.61. The van der Waals surface area contributed by atoms with E-state index in [-0.39, 0.29) is 43.5 Å². The summed E-state index contributed by atoms with van der Waals surface area (Å²) < 4.78 is 4.84. The van der Waals surface area contributed by atoms with Gasteiger partial charge in [-0.3, -0.25) is 19.8 Å². The number of rotatable bonds is 9. The van der Waals surface area contributed by atoms with Gasteiger partial charge < -0.3 is 21.1 Å². The van der Waals surface area contributed by atoms with Gasteiger partial charge >= 0.3 is 5.97 Å². The Hall–Kier alpha value is -3.34. The van der Waals surface area contributed by atoms with E-state index in [1.165, 1.54) is 0 Å². The third-order valence-electron chi connectivity index (χ3n) is 3.39. The molecule has 1 atom stereocenters. The normalized spacial score (nSPS) is 10.7. The van der Waals surface area contributed by atoms with E-state index in [4.69, 9.17) is 15.9 Å². The fourth-order valence-electron chi connectivity index (χ4n) is 2.15. The Morgan fingerprint density at radius 3 is 2.37 bits per heavy atom.